The van der Waals surface area contributed by atoms with E-state index in [1.807, 2.05) is 25.2 Å². The molecule has 2 aromatic rings. The smallest absolute Gasteiger partial charge is 0.122 e. The van der Waals surface area contributed by atoms with Gasteiger partial charge in [-0.15, -0.1) is 0 Å². The van der Waals surface area contributed by atoms with Gasteiger partial charge in [0, 0.05) is 10.5 Å². The van der Waals surface area contributed by atoms with Gasteiger partial charge in [0.1, 0.15) is 11.5 Å². The van der Waals surface area contributed by atoms with E-state index in [4.69, 9.17) is 9.47 Å². The first-order chi connectivity index (χ1) is 10.1. The molecule has 0 amide bonds. The first kappa shape index (κ1) is 15.9. The maximum absolute atomic E-state index is 5.35. The highest BCUT2D eigenvalue weighted by atomic mass is 79.9. The lowest BCUT2D eigenvalue weighted by atomic mass is 9.97. The van der Waals surface area contributed by atoms with Crippen LogP contribution in [0.5, 0.6) is 11.5 Å². The van der Waals surface area contributed by atoms with Crippen LogP contribution in [0.3, 0.4) is 0 Å². The van der Waals surface area contributed by atoms with E-state index in [0.717, 1.165) is 21.5 Å². The molecule has 0 radical (unpaired) electrons. The summed E-state index contributed by atoms with van der Waals surface area (Å²) < 4.78 is 11.8. The molecule has 1 N–H and O–H groups in total. The van der Waals surface area contributed by atoms with Gasteiger partial charge in [-0.05, 0) is 48.9 Å². The second-order valence-electron chi connectivity index (χ2n) is 4.88. The Balaban J connectivity index is 2.47. The first-order valence-electron chi connectivity index (χ1n) is 6.75. The number of ether oxygens (including phenoxy) is 2. The Hall–Kier alpha value is -1.52. The van der Waals surface area contributed by atoms with E-state index >= 15 is 0 Å². The minimum atomic E-state index is 0.0749. The molecule has 21 heavy (non-hydrogen) atoms. The zero-order valence-corrected chi connectivity index (χ0v) is 14.3. The zero-order valence-electron chi connectivity index (χ0n) is 12.7. The summed E-state index contributed by atoms with van der Waals surface area (Å²) in [6, 6.07) is 12.4. The molecule has 0 fully saturated rings. The lowest BCUT2D eigenvalue weighted by Crippen LogP contribution is -2.18. The highest BCUT2D eigenvalue weighted by Crippen LogP contribution is 2.31. The van der Waals surface area contributed by atoms with Crippen molar-refractivity contribution >= 4 is 15.9 Å². The Morgan fingerprint density at radius 2 is 1.57 bits per heavy atom. The Morgan fingerprint density at radius 3 is 2.05 bits per heavy atom. The van der Waals surface area contributed by atoms with Crippen LogP contribution in [-0.4, -0.2) is 21.3 Å². The fourth-order valence-electron chi connectivity index (χ4n) is 2.31. The largest absolute Gasteiger partial charge is 0.497 e. The van der Waals surface area contributed by atoms with E-state index in [1.165, 1.54) is 11.1 Å². The van der Waals surface area contributed by atoms with Gasteiger partial charge in [-0.2, -0.15) is 0 Å². The summed E-state index contributed by atoms with van der Waals surface area (Å²) in [6.45, 7) is 2.08. The van der Waals surface area contributed by atoms with Crippen molar-refractivity contribution in [1.29, 1.82) is 0 Å². The van der Waals surface area contributed by atoms with Gasteiger partial charge >= 0.3 is 0 Å². The van der Waals surface area contributed by atoms with Gasteiger partial charge in [-0.25, -0.2) is 0 Å². The zero-order chi connectivity index (χ0) is 15.4. The van der Waals surface area contributed by atoms with E-state index in [2.05, 4.69) is 46.4 Å². The van der Waals surface area contributed by atoms with Crippen molar-refractivity contribution in [2.24, 2.45) is 0 Å². The molecule has 0 aliphatic heterocycles. The molecule has 1 unspecified atom stereocenters. The molecule has 0 saturated carbocycles. The molecule has 0 heterocycles. The molecule has 0 spiro atoms. The fourth-order valence-corrected chi connectivity index (χ4v) is 2.71. The second kappa shape index (κ2) is 6.96. The number of hydrogen-bond acceptors (Lipinski definition) is 3. The predicted molar refractivity (Wildman–Crippen MR) is 89.3 cm³/mol. The number of hydrogen-bond donors (Lipinski definition) is 1. The van der Waals surface area contributed by atoms with Crippen LogP contribution in [0.25, 0.3) is 0 Å². The highest BCUT2D eigenvalue weighted by molar-refractivity contribution is 9.10. The number of nitrogens with one attached hydrogen (secondary N) is 1. The third-order valence-corrected chi connectivity index (χ3v) is 4.38. The van der Waals surface area contributed by atoms with Crippen molar-refractivity contribution in [2.45, 2.75) is 13.0 Å². The SMILES string of the molecule is CNC(c1cc(OC)cc(OC)c1)c1ccc(C)c(Br)c1. The molecule has 0 saturated heterocycles. The molecular weight excluding hydrogens is 330 g/mol. The Kier molecular flexibility index (Phi) is 5.26. The van der Waals surface area contributed by atoms with E-state index in [0.29, 0.717) is 0 Å². The minimum absolute atomic E-state index is 0.0749. The Morgan fingerprint density at radius 1 is 0.952 bits per heavy atom. The van der Waals surface area contributed by atoms with Gasteiger partial charge in [0.05, 0.1) is 20.3 Å². The summed E-state index contributed by atoms with van der Waals surface area (Å²) in [5, 5.41) is 3.35. The molecule has 0 aliphatic rings. The van der Waals surface area contributed by atoms with Crippen LogP contribution in [0.2, 0.25) is 0 Å². The lowest BCUT2D eigenvalue weighted by Gasteiger charge is -2.19. The predicted octanol–water partition coefficient (Wildman–Crippen LogP) is 4.08. The normalized spacial score (nSPS) is 12.0. The molecular formula is C17H20BrNO2. The summed E-state index contributed by atoms with van der Waals surface area (Å²) in [7, 11) is 5.27. The minimum Gasteiger partial charge on any atom is -0.497 e. The number of methoxy groups -OCH3 is 2. The quantitative estimate of drug-likeness (QED) is 0.881. The van der Waals surface area contributed by atoms with Crippen LogP contribution in [0.15, 0.2) is 40.9 Å². The van der Waals surface area contributed by atoms with Gasteiger partial charge in [0.15, 0.2) is 0 Å². The first-order valence-corrected chi connectivity index (χ1v) is 7.54. The number of aryl methyl sites for hydroxylation is 1. The van der Waals surface area contributed by atoms with Crippen LogP contribution < -0.4 is 14.8 Å². The molecule has 2 aromatic carbocycles. The molecule has 112 valence electrons. The van der Waals surface area contributed by atoms with Crippen LogP contribution in [-0.2, 0) is 0 Å². The average Bonchev–Trinajstić information content (AvgIpc) is 2.51. The summed E-state index contributed by atoms with van der Waals surface area (Å²) >= 11 is 3.60. The Bertz CT molecular complexity index is 606. The maximum atomic E-state index is 5.35. The molecule has 0 aromatic heterocycles. The summed E-state index contributed by atoms with van der Waals surface area (Å²) in [5.41, 5.74) is 3.51. The number of rotatable bonds is 5. The van der Waals surface area contributed by atoms with Crippen molar-refractivity contribution in [3.8, 4) is 11.5 Å². The average molecular weight is 350 g/mol. The van der Waals surface area contributed by atoms with Gasteiger partial charge in [-0.3, -0.25) is 0 Å². The van der Waals surface area contributed by atoms with Crippen molar-refractivity contribution in [3.05, 3.63) is 57.6 Å². The van der Waals surface area contributed by atoms with E-state index < -0.39 is 0 Å². The summed E-state index contributed by atoms with van der Waals surface area (Å²) in [6.07, 6.45) is 0. The Labute approximate surface area is 134 Å². The topological polar surface area (TPSA) is 30.5 Å². The van der Waals surface area contributed by atoms with Gasteiger partial charge < -0.3 is 14.8 Å². The summed E-state index contributed by atoms with van der Waals surface area (Å²) in [5.74, 6) is 1.58. The van der Waals surface area contributed by atoms with Gasteiger partial charge in [0.2, 0.25) is 0 Å². The maximum Gasteiger partial charge on any atom is 0.122 e. The molecule has 0 bridgehead atoms. The van der Waals surface area contributed by atoms with Crippen molar-refractivity contribution in [2.75, 3.05) is 21.3 Å². The van der Waals surface area contributed by atoms with Crippen molar-refractivity contribution in [3.63, 3.8) is 0 Å². The third kappa shape index (κ3) is 3.57. The summed E-state index contributed by atoms with van der Waals surface area (Å²) in [4.78, 5) is 0. The molecule has 1 atom stereocenters. The van der Waals surface area contributed by atoms with Crippen LogP contribution >= 0.6 is 15.9 Å². The van der Waals surface area contributed by atoms with E-state index in [1.54, 1.807) is 14.2 Å². The molecule has 4 heteroatoms. The number of benzene rings is 2. The molecule has 0 aliphatic carbocycles. The number of halogens is 1. The van der Waals surface area contributed by atoms with Crippen LogP contribution in [0, 0.1) is 6.92 Å². The second-order valence-corrected chi connectivity index (χ2v) is 5.73. The lowest BCUT2D eigenvalue weighted by molar-refractivity contribution is 0.392. The van der Waals surface area contributed by atoms with Gasteiger partial charge in [-0.1, -0.05) is 28.1 Å². The molecule has 3 nitrogen and oxygen atoms in total. The van der Waals surface area contributed by atoms with Crippen LogP contribution in [0.4, 0.5) is 0 Å². The monoisotopic (exact) mass is 349 g/mol. The highest BCUT2D eigenvalue weighted by Gasteiger charge is 2.15. The van der Waals surface area contributed by atoms with Crippen molar-refractivity contribution in [1.82, 2.24) is 5.32 Å². The van der Waals surface area contributed by atoms with E-state index in [9.17, 15) is 0 Å². The fraction of sp³-hybridized carbons (Fsp3) is 0.294. The standard InChI is InChI=1S/C17H20BrNO2/c1-11-5-6-12(9-16(11)18)17(19-2)13-7-14(20-3)10-15(8-13)21-4/h5-10,17,19H,1-4H3. The van der Waals surface area contributed by atoms with Crippen LogP contribution in [0.1, 0.15) is 22.7 Å². The molecule has 2 rings (SSSR count). The third-order valence-electron chi connectivity index (χ3n) is 3.53. The van der Waals surface area contributed by atoms with Crippen molar-refractivity contribution < 1.29 is 9.47 Å². The van der Waals surface area contributed by atoms with E-state index in [-0.39, 0.29) is 6.04 Å². The van der Waals surface area contributed by atoms with Gasteiger partial charge in [0.25, 0.3) is 0 Å².